The van der Waals surface area contributed by atoms with E-state index in [1.54, 1.807) is 0 Å². The van der Waals surface area contributed by atoms with Gasteiger partial charge in [0, 0.05) is 13.0 Å². The molecule has 0 spiro atoms. The van der Waals surface area contributed by atoms with Gasteiger partial charge >= 0.3 is 6.18 Å². The number of hydrogen-bond donors (Lipinski definition) is 1. The molecule has 0 saturated carbocycles. The quantitative estimate of drug-likeness (QED) is 0.543. The fraction of sp³-hybridized carbons (Fsp3) is 0.400. The first-order chi connectivity index (χ1) is 4.29. The summed E-state index contributed by atoms with van der Waals surface area (Å²) in [5, 5.41) is 7.42. The Balaban J connectivity index is 0. The second-order valence-electron chi connectivity index (χ2n) is 1.26. The normalized spacial score (nSPS) is 9.20. The van der Waals surface area contributed by atoms with Crippen molar-refractivity contribution in [3.05, 3.63) is 12.7 Å². The molecule has 0 saturated heterocycles. The van der Waals surface area contributed by atoms with E-state index in [-0.39, 0.29) is 6.08 Å². The summed E-state index contributed by atoms with van der Waals surface area (Å²) in [5.41, 5.74) is 0. The van der Waals surface area contributed by atoms with Gasteiger partial charge in [-0.3, -0.25) is 4.79 Å². The highest BCUT2D eigenvalue weighted by Gasteiger charge is 2.19. The number of rotatable bonds is 0. The van der Waals surface area contributed by atoms with Gasteiger partial charge in [0.15, 0.2) is 0 Å². The lowest BCUT2D eigenvalue weighted by Gasteiger charge is -1.91. The van der Waals surface area contributed by atoms with Crippen LogP contribution in [0.2, 0.25) is 0 Å². The van der Waals surface area contributed by atoms with Crippen molar-refractivity contribution >= 4 is 5.97 Å². The molecule has 10 heavy (non-hydrogen) atoms. The minimum atomic E-state index is -4.19. The van der Waals surface area contributed by atoms with Crippen LogP contribution in [-0.2, 0) is 4.79 Å². The number of halogens is 3. The molecule has 0 fully saturated rings. The van der Waals surface area contributed by atoms with Crippen LogP contribution in [-0.4, -0.2) is 17.3 Å². The molecule has 0 amide bonds. The van der Waals surface area contributed by atoms with Crippen molar-refractivity contribution in [1.82, 2.24) is 0 Å². The van der Waals surface area contributed by atoms with Crippen LogP contribution in [0.5, 0.6) is 0 Å². The molecule has 0 rings (SSSR count). The van der Waals surface area contributed by atoms with E-state index in [4.69, 9.17) is 9.90 Å². The van der Waals surface area contributed by atoms with Crippen LogP contribution in [0.4, 0.5) is 13.2 Å². The molecular formula is C5H7F3O2. The summed E-state index contributed by atoms with van der Waals surface area (Å²) in [6.07, 6.45) is -4.26. The van der Waals surface area contributed by atoms with Gasteiger partial charge in [-0.2, -0.15) is 13.2 Å². The van der Waals surface area contributed by atoms with Gasteiger partial charge < -0.3 is 5.11 Å². The van der Waals surface area contributed by atoms with E-state index in [2.05, 4.69) is 6.58 Å². The molecule has 0 aliphatic heterocycles. The third-order valence-corrected chi connectivity index (χ3v) is 0.231. The van der Waals surface area contributed by atoms with Crippen LogP contribution < -0.4 is 0 Å². The third-order valence-electron chi connectivity index (χ3n) is 0.231. The van der Waals surface area contributed by atoms with E-state index >= 15 is 0 Å². The van der Waals surface area contributed by atoms with Gasteiger partial charge in [-0.25, -0.2) is 0 Å². The van der Waals surface area contributed by atoms with Crippen molar-refractivity contribution in [3.63, 3.8) is 0 Å². The lowest BCUT2D eigenvalue weighted by Crippen LogP contribution is -1.98. The van der Waals surface area contributed by atoms with Gasteiger partial charge in [-0.1, -0.05) is 6.58 Å². The minimum absolute atomic E-state index is 0.0625. The lowest BCUT2D eigenvalue weighted by atomic mass is 10.6. The monoisotopic (exact) mass is 156 g/mol. The Morgan fingerprint density at radius 2 is 1.70 bits per heavy atom. The van der Waals surface area contributed by atoms with Crippen molar-refractivity contribution in [1.29, 1.82) is 0 Å². The summed E-state index contributed by atoms with van der Waals surface area (Å²) in [7, 11) is 0. The van der Waals surface area contributed by atoms with Crippen molar-refractivity contribution in [3.8, 4) is 0 Å². The Hall–Kier alpha value is -1.00. The SMILES string of the molecule is C=CC(F)(F)F.CC(=O)O. The van der Waals surface area contributed by atoms with Crippen molar-refractivity contribution in [2.45, 2.75) is 13.1 Å². The zero-order valence-electron chi connectivity index (χ0n) is 5.27. The molecule has 0 unspecified atom stereocenters. The van der Waals surface area contributed by atoms with Gasteiger partial charge in [0.1, 0.15) is 0 Å². The fourth-order valence-electron chi connectivity index (χ4n) is 0. The average Bonchev–Trinajstić information content (AvgIpc) is 1.63. The predicted octanol–water partition coefficient (Wildman–Crippen LogP) is 1.83. The van der Waals surface area contributed by atoms with Gasteiger partial charge in [0.2, 0.25) is 0 Å². The maximum absolute atomic E-state index is 10.7. The van der Waals surface area contributed by atoms with E-state index < -0.39 is 12.1 Å². The summed E-state index contributed by atoms with van der Waals surface area (Å²) in [4.78, 5) is 9.00. The summed E-state index contributed by atoms with van der Waals surface area (Å²) in [6.45, 7) is 3.59. The molecule has 0 aromatic carbocycles. The molecule has 0 aliphatic carbocycles. The molecule has 0 aliphatic rings. The smallest absolute Gasteiger partial charge is 0.409 e. The van der Waals surface area contributed by atoms with E-state index in [0.717, 1.165) is 6.92 Å². The molecule has 0 aromatic heterocycles. The molecule has 0 atom stereocenters. The second kappa shape index (κ2) is 4.84. The number of allylic oxidation sites excluding steroid dienone is 1. The van der Waals surface area contributed by atoms with Crippen LogP contribution >= 0.6 is 0 Å². The number of carboxylic acids is 1. The summed E-state index contributed by atoms with van der Waals surface area (Å²) in [5.74, 6) is -0.833. The van der Waals surface area contributed by atoms with Crippen molar-refractivity contribution in [2.75, 3.05) is 0 Å². The maximum Gasteiger partial charge on any atom is 0.409 e. The predicted molar refractivity (Wildman–Crippen MR) is 29.6 cm³/mol. The molecule has 0 heterocycles. The molecule has 60 valence electrons. The second-order valence-corrected chi connectivity index (χ2v) is 1.26. The summed E-state index contributed by atoms with van der Waals surface area (Å²) < 4.78 is 32.0. The highest BCUT2D eigenvalue weighted by atomic mass is 19.4. The van der Waals surface area contributed by atoms with E-state index in [0.29, 0.717) is 0 Å². The van der Waals surface area contributed by atoms with Gasteiger partial charge in [0.05, 0.1) is 0 Å². The zero-order valence-corrected chi connectivity index (χ0v) is 5.27. The van der Waals surface area contributed by atoms with Crippen LogP contribution in [0.15, 0.2) is 12.7 Å². The Bertz CT molecular complexity index is 113. The van der Waals surface area contributed by atoms with Crippen LogP contribution in [0.1, 0.15) is 6.92 Å². The van der Waals surface area contributed by atoms with Crippen molar-refractivity contribution in [2.24, 2.45) is 0 Å². The number of alkyl halides is 3. The lowest BCUT2D eigenvalue weighted by molar-refractivity contribution is -0.134. The highest BCUT2D eigenvalue weighted by Crippen LogP contribution is 2.13. The summed E-state index contributed by atoms with van der Waals surface area (Å²) in [6, 6.07) is 0. The molecular weight excluding hydrogens is 149 g/mol. The highest BCUT2D eigenvalue weighted by molar-refractivity contribution is 5.62. The van der Waals surface area contributed by atoms with Gasteiger partial charge in [-0.05, 0) is 0 Å². The van der Waals surface area contributed by atoms with E-state index in [1.807, 2.05) is 0 Å². The number of carboxylic acid groups (broad SMARTS) is 1. The number of aliphatic carboxylic acids is 1. The zero-order chi connectivity index (χ0) is 8.78. The largest absolute Gasteiger partial charge is 0.481 e. The number of hydrogen-bond acceptors (Lipinski definition) is 1. The maximum atomic E-state index is 10.7. The molecule has 0 bridgehead atoms. The summed E-state index contributed by atoms with van der Waals surface area (Å²) >= 11 is 0. The molecule has 2 nitrogen and oxygen atoms in total. The van der Waals surface area contributed by atoms with Crippen molar-refractivity contribution < 1.29 is 23.1 Å². The number of carbonyl (C=O) groups is 1. The Morgan fingerprint density at radius 3 is 1.70 bits per heavy atom. The van der Waals surface area contributed by atoms with Gasteiger partial charge in [-0.15, -0.1) is 0 Å². The fourth-order valence-corrected chi connectivity index (χ4v) is 0. The van der Waals surface area contributed by atoms with Crippen LogP contribution in [0, 0.1) is 0 Å². The standard InChI is InChI=1S/C3H3F3.C2H4O2/c1-2-3(4,5)6;1-2(3)4/h2H,1H2;1H3,(H,3,4). The Morgan fingerprint density at radius 1 is 1.60 bits per heavy atom. The van der Waals surface area contributed by atoms with Crippen LogP contribution in [0.3, 0.4) is 0 Å². The molecule has 0 aromatic rings. The first-order valence-corrected chi connectivity index (χ1v) is 2.19. The Labute approximate surface area is 56.0 Å². The topological polar surface area (TPSA) is 37.3 Å². The average molecular weight is 156 g/mol. The minimum Gasteiger partial charge on any atom is -0.481 e. The first kappa shape index (κ1) is 11.8. The third kappa shape index (κ3) is 63.0. The van der Waals surface area contributed by atoms with E-state index in [1.165, 1.54) is 0 Å². The van der Waals surface area contributed by atoms with Gasteiger partial charge in [0.25, 0.3) is 5.97 Å². The molecule has 0 radical (unpaired) electrons. The first-order valence-electron chi connectivity index (χ1n) is 2.19. The van der Waals surface area contributed by atoms with E-state index in [9.17, 15) is 13.2 Å². The molecule has 5 heteroatoms. The Kier molecular flexibility index (Phi) is 5.69. The molecule has 1 N–H and O–H groups in total. The van der Waals surface area contributed by atoms with Crippen LogP contribution in [0.25, 0.3) is 0 Å².